The first kappa shape index (κ1) is 15.2. The fourth-order valence-corrected chi connectivity index (χ4v) is 3.20. The molecule has 0 spiro atoms. The molecular formula is C18H25FO. The van der Waals surface area contributed by atoms with Gasteiger partial charge in [0, 0.05) is 11.5 Å². The number of carbonyl (C=O) groups is 1. The van der Waals surface area contributed by atoms with E-state index >= 15 is 0 Å². The van der Waals surface area contributed by atoms with Crippen LogP contribution in [0.3, 0.4) is 0 Å². The fraction of sp³-hybridized carbons (Fsp3) is 0.611. The van der Waals surface area contributed by atoms with Crippen LogP contribution in [-0.4, -0.2) is 5.78 Å². The lowest BCUT2D eigenvalue weighted by Gasteiger charge is -2.36. The van der Waals surface area contributed by atoms with E-state index in [0.29, 0.717) is 22.5 Å². The van der Waals surface area contributed by atoms with Crippen molar-refractivity contribution in [3.63, 3.8) is 0 Å². The summed E-state index contributed by atoms with van der Waals surface area (Å²) in [7, 11) is 0. The van der Waals surface area contributed by atoms with Crippen molar-refractivity contribution in [3.05, 3.63) is 35.1 Å². The molecule has 1 aromatic rings. The number of aryl methyl sites for hydroxylation is 1. The van der Waals surface area contributed by atoms with E-state index in [2.05, 4.69) is 20.8 Å². The van der Waals surface area contributed by atoms with Crippen molar-refractivity contribution >= 4 is 5.78 Å². The van der Waals surface area contributed by atoms with E-state index in [1.54, 1.807) is 19.1 Å². The Hall–Kier alpha value is -1.18. The summed E-state index contributed by atoms with van der Waals surface area (Å²) in [6.45, 7) is 8.54. The Morgan fingerprint density at radius 2 is 1.75 bits per heavy atom. The highest BCUT2D eigenvalue weighted by Gasteiger charge is 2.32. The number of halogens is 1. The van der Waals surface area contributed by atoms with Gasteiger partial charge in [0.2, 0.25) is 0 Å². The molecule has 0 atom stereocenters. The predicted molar refractivity (Wildman–Crippen MR) is 80.4 cm³/mol. The summed E-state index contributed by atoms with van der Waals surface area (Å²) < 4.78 is 13.6. The predicted octanol–water partition coefficient (Wildman–Crippen LogP) is 5.17. The molecule has 0 N–H and O–H groups in total. The normalized spacial score (nSPS) is 23.6. The average Bonchev–Trinajstić information content (AvgIpc) is 2.40. The van der Waals surface area contributed by atoms with E-state index in [9.17, 15) is 9.18 Å². The van der Waals surface area contributed by atoms with E-state index in [1.165, 1.54) is 6.07 Å². The summed E-state index contributed by atoms with van der Waals surface area (Å²) in [5, 5.41) is 0. The van der Waals surface area contributed by atoms with Crippen molar-refractivity contribution in [2.45, 2.75) is 53.4 Å². The van der Waals surface area contributed by atoms with Crippen molar-refractivity contribution in [2.75, 3.05) is 0 Å². The van der Waals surface area contributed by atoms with Gasteiger partial charge in [-0.05, 0) is 55.6 Å². The maximum Gasteiger partial charge on any atom is 0.166 e. The van der Waals surface area contributed by atoms with Crippen LogP contribution in [0.5, 0.6) is 0 Å². The zero-order chi connectivity index (χ0) is 14.9. The van der Waals surface area contributed by atoms with Crippen LogP contribution >= 0.6 is 0 Å². The maximum absolute atomic E-state index is 13.6. The van der Waals surface area contributed by atoms with Gasteiger partial charge in [-0.1, -0.05) is 32.9 Å². The maximum atomic E-state index is 13.6. The number of rotatable bonds is 2. The van der Waals surface area contributed by atoms with Gasteiger partial charge < -0.3 is 0 Å². The lowest BCUT2D eigenvalue weighted by Crippen LogP contribution is -2.28. The molecule has 1 fully saturated rings. The third-order valence-electron chi connectivity index (χ3n) is 4.78. The molecule has 1 nitrogen and oxygen atoms in total. The summed E-state index contributed by atoms with van der Waals surface area (Å²) >= 11 is 0. The van der Waals surface area contributed by atoms with Crippen molar-refractivity contribution in [3.8, 4) is 0 Å². The summed E-state index contributed by atoms with van der Waals surface area (Å²) in [5.41, 5.74) is 1.45. The zero-order valence-corrected chi connectivity index (χ0v) is 13.0. The molecule has 1 saturated carbocycles. The largest absolute Gasteiger partial charge is 0.294 e. The van der Waals surface area contributed by atoms with Crippen LogP contribution in [0.1, 0.15) is 62.4 Å². The molecule has 1 aliphatic carbocycles. The molecule has 20 heavy (non-hydrogen) atoms. The minimum atomic E-state index is -0.278. The minimum absolute atomic E-state index is 0.0794. The number of carbonyl (C=O) groups excluding carboxylic acids is 1. The first-order valence-electron chi connectivity index (χ1n) is 7.59. The zero-order valence-electron chi connectivity index (χ0n) is 13.0. The standard InChI is InChI=1S/C18H25FO/c1-12-5-6-14(11-16(12)19)17(20)13-7-9-15(10-8-13)18(2,3)4/h5-6,11,13,15H,7-10H2,1-4H3. The van der Waals surface area contributed by atoms with E-state index in [4.69, 9.17) is 0 Å². The quantitative estimate of drug-likeness (QED) is 0.681. The number of hydrogen-bond donors (Lipinski definition) is 0. The Balaban J connectivity index is 2.03. The molecule has 0 saturated heterocycles. The molecule has 1 aliphatic rings. The van der Waals surface area contributed by atoms with Gasteiger partial charge in [-0.15, -0.1) is 0 Å². The highest BCUT2D eigenvalue weighted by molar-refractivity contribution is 5.97. The second kappa shape index (κ2) is 5.67. The highest BCUT2D eigenvalue weighted by atomic mass is 19.1. The van der Waals surface area contributed by atoms with Crippen LogP contribution in [0.25, 0.3) is 0 Å². The summed E-state index contributed by atoms with van der Waals surface area (Å²) in [5.74, 6) is 0.618. The van der Waals surface area contributed by atoms with Crippen molar-refractivity contribution in [1.82, 2.24) is 0 Å². The van der Waals surface area contributed by atoms with Crippen molar-refractivity contribution in [1.29, 1.82) is 0 Å². The summed E-state index contributed by atoms with van der Waals surface area (Å²) in [4.78, 5) is 12.5. The van der Waals surface area contributed by atoms with Crippen LogP contribution in [-0.2, 0) is 0 Å². The average molecular weight is 276 g/mol. The van der Waals surface area contributed by atoms with Crippen LogP contribution in [0.4, 0.5) is 4.39 Å². The van der Waals surface area contributed by atoms with Gasteiger partial charge in [0.05, 0.1) is 0 Å². The Morgan fingerprint density at radius 1 is 1.15 bits per heavy atom. The van der Waals surface area contributed by atoms with Gasteiger partial charge >= 0.3 is 0 Å². The molecule has 0 unspecified atom stereocenters. The summed E-state index contributed by atoms with van der Waals surface area (Å²) in [6, 6.07) is 4.85. The highest BCUT2D eigenvalue weighted by Crippen LogP contribution is 2.40. The molecule has 0 bridgehead atoms. The monoisotopic (exact) mass is 276 g/mol. The number of Topliss-reactive ketones (excluding diaryl/α,β-unsaturated/α-hetero) is 1. The van der Waals surface area contributed by atoms with Gasteiger partial charge in [-0.3, -0.25) is 4.79 Å². The van der Waals surface area contributed by atoms with Gasteiger partial charge in [0.1, 0.15) is 5.82 Å². The molecule has 0 aliphatic heterocycles. The lowest BCUT2D eigenvalue weighted by atomic mass is 9.69. The van der Waals surface area contributed by atoms with Crippen LogP contribution in [0, 0.1) is 30.0 Å². The topological polar surface area (TPSA) is 17.1 Å². The SMILES string of the molecule is Cc1ccc(C(=O)C2CCC(C(C)(C)C)CC2)cc1F. The Bertz CT molecular complexity index is 491. The van der Waals surface area contributed by atoms with Crippen molar-refractivity contribution < 1.29 is 9.18 Å². The third-order valence-corrected chi connectivity index (χ3v) is 4.78. The molecule has 2 heteroatoms. The molecule has 110 valence electrons. The Morgan fingerprint density at radius 3 is 2.25 bits per heavy atom. The minimum Gasteiger partial charge on any atom is -0.294 e. The van der Waals surface area contributed by atoms with E-state index in [-0.39, 0.29) is 17.5 Å². The van der Waals surface area contributed by atoms with E-state index in [1.807, 2.05) is 0 Å². The van der Waals surface area contributed by atoms with E-state index < -0.39 is 0 Å². The van der Waals surface area contributed by atoms with Crippen LogP contribution in [0.2, 0.25) is 0 Å². The van der Waals surface area contributed by atoms with Crippen LogP contribution < -0.4 is 0 Å². The third kappa shape index (κ3) is 3.28. The first-order valence-corrected chi connectivity index (χ1v) is 7.59. The fourth-order valence-electron chi connectivity index (χ4n) is 3.20. The van der Waals surface area contributed by atoms with Gasteiger partial charge in [0.15, 0.2) is 5.78 Å². The summed E-state index contributed by atoms with van der Waals surface area (Å²) in [6.07, 6.45) is 4.09. The number of benzene rings is 1. The van der Waals surface area contributed by atoms with Gasteiger partial charge in [0.25, 0.3) is 0 Å². The second-order valence-corrected chi connectivity index (χ2v) is 7.24. The smallest absolute Gasteiger partial charge is 0.166 e. The molecule has 1 aromatic carbocycles. The number of ketones is 1. The molecule has 2 rings (SSSR count). The number of hydrogen-bond acceptors (Lipinski definition) is 1. The van der Waals surface area contributed by atoms with Gasteiger partial charge in [-0.25, -0.2) is 4.39 Å². The van der Waals surface area contributed by atoms with E-state index in [0.717, 1.165) is 25.7 Å². The molecule has 0 amide bonds. The Labute approximate surface area is 121 Å². The van der Waals surface area contributed by atoms with Crippen LogP contribution in [0.15, 0.2) is 18.2 Å². The molecule has 0 aromatic heterocycles. The molecule has 0 radical (unpaired) electrons. The van der Waals surface area contributed by atoms with Crippen molar-refractivity contribution in [2.24, 2.45) is 17.3 Å². The molecular weight excluding hydrogens is 251 g/mol. The van der Waals surface area contributed by atoms with Gasteiger partial charge in [-0.2, -0.15) is 0 Å². The first-order chi connectivity index (χ1) is 9.29. The Kier molecular flexibility index (Phi) is 4.31. The second-order valence-electron chi connectivity index (χ2n) is 7.24. The molecule has 0 heterocycles. The lowest BCUT2D eigenvalue weighted by molar-refractivity contribution is 0.0819.